The van der Waals surface area contributed by atoms with Crippen LogP contribution in [-0.2, 0) is 0 Å². The maximum atomic E-state index is 12.4. The molecular formula is C20H35N3O. The monoisotopic (exact) mass is 333 g/mol. The second-order valence-corrected chi connectivity index (χ2v) is 6.22. The Balaban J connectivity index is 0.000000671. The summed E-state index contributed by atoms with van der Waals surface area (Å²) in [6, 6.07) is 6.37. The van der Waals surface area contributed by atoms with E-state index in [0.717, 1.165) is 37.7 Å². The minimum atomic E-state index is 0.0831. The molecule has 2 heterocycles. The van der Waals surface area contributed by atoms with Crippen LogP contribution in [0.1, 0.15) is 70.8 Å². The second kappa shape index (κ2) is 10.3. The number of hydrogen-bond acceptors (Lipinski definition) is 3. The van der Waals surface area contributed by atoms with Gasteiger partial charge in [-0.3, -0.25) is 4.79 Å². The Labute approximate surface area is 148 Å². The Bertz CT molecular complexity index is 491. The van der Waals surface area contributed by atoms with Crippen molar-refractivity contribution in [1.82, 2.24) is 9.88 Å². The summed E-state index contributed by atoms with van der Waals surface area (Å²) in [6.07, 6.45) is 4.68. The first-order valence-corrected chi connectivity index (χ1v) is 9.64. The summed E-state index contributed by atoms with van der Waals surface area (Å²) in [6.45, 7) is 12.0. The van der Waals surface area contributed by atoms with Crippen LogP contribution in [0, 0.1) is 5.92 Å². The fraction of sp³-hybridized carbons (Fsp3) is 0.700. The number of carbonyl (C=O) groups is 1. The molecule has 1 amide bonds. The van der Waals surface area contributed by atoms with Crippen LogP contribution < -0.4 is 4.90 Å². The van der Waals surface area contributed by atoms with Crippen molar-refractivity contribution in [2.45, 2.75) is 66.3 Å². The van der Waals surface area contributed by atoms with Crippen LogP contribution in [0.5, 0.6) is 0 Å². The molecule has 0 atom stereocenters. The summed E-state index contributed by atoms with van der Waals surface area (Å²) in [5.41, 5.74) is 0.587. The second-order valence-electron chi connectivity index (χ2n) is 6.22. The van der Waals surface area contributed by atoms with E-state index < -0.39 is 0 Å². The summed E-state index contributed by atoms with van der Waals surface area (Å²) >= 11 is 0. The molecule has 4 nitrogen and oxygen atoms in total. The molecule has 0 aromatic carbocycles. The summed E-state index contributed by atoms with van der Waals surface area (Å²) < 4.78 is 0. The number of rotatable bonds is 3. The maximum absolute atomic E-state index is 12.4. The van der Waals surface area contributed by atoms with Crippen molar-refractivity contribution in [2.75, 3.05) is 25.0 Å². The molecule has 1 aliphatic carbocycles. The third-order valence-corrected chi connectivity index (χ3v) is 4.60. The number of aromatic nitrogens is 1. The van der Waals surface area contributed by atoms with Crippen LogP contribution in [0.4, 0.5) is 5.82 Å². The molecule has 3 rings (SSSR count). The minimum absolute atomic E-state index is 0.0831. The summed E-state index contributed by atoms with van der Waals surface area (Å²) in [5, 5.41) is 0. The molecular weight excluding hydrogens is 298 g/mol. The van der Waals surface area contributed by atoms with Gasteiger partial charge in [-0.25, -0.2) is 4.98 Å². The van der Waals surface area contributed by atoms with Crippen molar-refractivity contribution >= 4 is 11.7 Å². The fourth-order valence-electron chi connectivity index (χ4n) is 3.18. The summed E-state index contributed by atoms with van der Waals surface area (Å²) in [4.78, 5) is 21.1. The zero-order valence-electron chi connectivity index (χ0n) is 16.4. The Morgan fingerprint density at radius 2 is 1.71 bits per heavy atom. The van der Waals surface area contributed by atoms with Gasteiger partial charge in [0.15, 0.2) is 0 Å². The topological polar surface area (TPSA) is 36.4 Å². The molecule has 0 radical (unpaired) electrons. The molecule has 136 valence electrons. The van der Waals surface area contributed by atoms with Gasteiger partial charge in [0.25, 0.3) is 5.91 Å². The molecule has 0 N–H and O–H groups in total. The Hall–Kier alpha value is -1.58. The molecule has 1 aromatic heterocycles. The zero-order valence-corrected chi connectivity index (χ0v) is 16.4. The summed E-state index contributed by atoms with van der Waals surface area (Å²) in [5.74, 6) is 1.82. The molecule has 0 spiro atoms. The standard InChI is InChI=1S/C16H23N3O.2C2H6/c1-12-10-13(11-12)18(2)15-7-5-6-14(17-15)16(20)19-8-3-4-9-19;2*1-2/h5-7,12-13H,3-4,8-11H2,1-2H3;2*1-2H3. The Kier molecular flexibility index (Phi) is 8.80. The van der Waals surface area contributed by atoms with Crippen LogP contribution in [-0.4, -0.2) is 42.0 Å². The molecule has 1 saturated heterocycles. The molecule has 2 fully saturated rings. The minimum Gasteiger partial charge on any atom is -0.357 e. The van der Waals surface area contributed by atoms with E-state index in [9.17, 15) is 4.79 Å². The van der Waals surface area contributed by atoms with Gasteiger partial charge in [-0.1, -0.05) is 40.7 Å². The van der Waals surface area contributed by atoms with E-state index in [1.54, 1.807) is 0 Å². The molecule has 0 unspecified atom stereocenters. The first kappa shape index (κ1) is 20.5. The number of hydrogen-bond donors (Lipinski definition) is 0. The highest BCUT2D eigenvalue weighted by Gasteiger charge is 2.30. The van der Waals surface area contributed by atoms with Gasteiger partial charge in [0.05, 0.1) is 0 Å². The SMILES string of the molecule is CC.CC.CC1CC(N(C)c2cccc(C(=O)N3CCCC3)n2)C1. The lowest BCUT2D eigenvalue weighted by molar-refractivity contribution is 0.0787. The van der Waals surface area contributed by atoms with Gasteiger partial charge in [0, 0.05) is 26.2 Å². The number of nitrogens with zero attached hydrogens (tertiary/aromatic N) is 3. The third-order valence-electron chi connectivity index (χ3n) is 4.60. The van der Waals surface area contributed by atoms with Crippen molar-refractivity contribution in [3.05, 3.63) is 23.9 Å². The van der Waals surface area contributed by atoms with Gasteiger partial charge in [-0.05, 0) is 43.7 Å². The van der Waals surface area contributed by atoms with Crippen molar-refractivity contribution in [2.24, 2.45) is 5.92 Å². The van der Waals surface area contributed by atoms with Crippen molar-refractivity contribution in [3.63, 3.8) is 0 Å². The maximum Gasteiger partial charge on any atom is 0.272 e. The lowest BCUT2D eigenvalue weighted by Gasteiger charge is -2.40. The largest absolute Gasteiger partial charge is 0.357 e. The Morgan fingerprint density at radius 1 is 1.12 bits per heavy atom. The Morgan fingerprint density at radius 3 is 2.25 bits per heavy atom. The zero-order chi connectivity index (χ0) is 18.1. The van der Waals surface area contributed by atoms with Crippen LogP contribution in [0.2, 0.25) is 0 Å². The van der Waals surface area contributed by atoms with Crippen LogP contribution in [0.3, 0.4) is 0 Å². The van der Waals surface area contributed by atoms with Crippen molar-refractivity contribution < 1.29 is 4.79 Å². The van der Waals surface area contributed by atoms with E-state index in [4.69, 9.17) is 0 Å². The highest BCUT2D eigenvalue weighted by molar-refractivity contribution is 5.92. The lowest BCUT2D eigenvalue weighted by Crippen LogP contribution is -2.42. The van der Waals surface area contributed by atoms with Crippen molar-refractivity contribution in [3.8, 4) is 0 Å². The summed E-state index contributed by atoms with van der Waals surface area (Å²) in [7, 11) is 2.09. The molecule has 1 aliphatic heterocycles. The van der Waals surface area contributed by atoms with E-state index in [0.29, 0.717) is 11.7 Å². The van der Waals surface area contributed by atoms with Gasteiger partial charge in [-0.2, -0.15) is 0 Å². The van der Waals surface area contributed by atoms with E-state index >= 15 is 0 Å². The van der Waals surface area contributed by atoms with Crippen molar-refractivity contribution in [1.29, 1.82) is 0 Å². The van der Waals surface area contributed by atoms with Crippen LogP contribution in [0.15, 0.2) is 18.2 Å². The number of amides is 1. The first-order chi connectivity index (χ1) is 11.6. The molecule has 24 heavy (non-hydrogen) atoms. The molecule has 1 aromatic rings. The highest BCUT2D eigenvalue weighted by atomic mass is 16.2. The molecule has 2 aliphatic rings. The highest BCUT2D eigenvalue weighted by Crippen LogP contribution is 2.32. The average molecular weight is 334 g/mol. The normalized spacial score (nSPS) is 21.7. The predicted molar refractivity (Wildman–Crippen MR) is 103 cm³/mol. The van der Waals surface area contributed by atoms with Crippen LogP contribution in [0.25, 0.3) is 0 Å². The number of pyridine rings is 1. The molecule has 4 heteroatoms. The van der Waals surface area contributed by atoms with E-state index in [2.05, 4.69) is 23.9 Å². The van der Waals surface area contributed by atoms with Gasteiger partial charge < -0.3 is 9.80 Å². The van der Waals surface area contributed by atoms with Gasteiger partial charge in [0.2, 0.25) is 0 Å². The lowest BCUT2D eigenvalue weighted by atomic mass is 9.81. The van der Waals surface area contributed by atoms with E-state index in [-0.39, 0.29) is 5.91 Å². The number of likely N-dealkylation sites (tertiary alicyclic amines) is 1. The predicted octanol–water partition coefficient (Wildman–Crippen LogP) is 4.60. The quantitative estimate of drug-likeness (QED) is 0.811. The third kappa shape index (κ3) is 4.96. The first-order valence-electron chi connectivity index (χ1n) is 9.64. The van der Waals surface area contributed by atoms with E-state index in [1.807, 2.05) is 50.8 Å². The van der Waals surface area contributed by atoms with E-state index in [1.165, 1.54) is 12.8 Å². The van der Waals surface area contributed by atoms with Gasteiger partial charge >= 0.3 is 0 Å². The smallest absolute Gasteiger partial charge is 0.272 e. The van der Waals surface area contributed by atoms with Gasteiger partial charge in [-0.15, -0.1) is 0 Å². The molecule has 1 saturated carbocycles. The average Bonchev–Trinajstić information content (AvgIpc) is 3.16. The fourth-order valence-corrected chi connectivity index (χ4v) is 3.18. The van der Waals surface area contributed by atoms with Gasteiger partial charge in [0.1, 0.15) is 11.5 Å². The van der Waals surface area contributed by atoms with Crippen LogP contribution >= 0.6 is 0 Å². The molecule has 0 bridgehead atoms. The number of carbonyl (C=O) groups excluding carboxylic acids is 1. The number of anilines is 1.